The van der Waals surface area contributed by atoms with Gasteiger partial charge in [0.2, 0.25) is 17.7 Å². The van der Waals surface area contributed by atoms with E-state index in [1.165, 1.54) is 0 Å². The topological polar surface area (TPSA) is 90.5 Å². The van der Waals surface area contributed by atoms with Gasteiger partial charge in [-0.2, -0.15) is 0 Å². The van der Waals surface area contributed by atoms with E-state index in [1.807, 2.05) is 44.2 Å². The molecule has 7 nitrogen and oxygen atoms in total. The summed E-state index contributed by atoms with van der Waals surface area (Å²) in [6.45, 7) is 5.94. The molecular formula is C20H30N4O3S. The van der Waals surface area contributed by atoms with Gasteiger partial charge in [0.25, 0.3) is 0 Å². The molecule has 0 unspecified atom stereocenters. The van der Waals surface area contributed by atoms with Crippen molar-refractivity contribution in [1.82, 2.24) is 20.9 Å². The van der Waals surface area contributed by atoms with Crippen molar-refractivity contribution in [3.63, 3.8) is 0 Å². The molecule has 0 aromatic heterocycles. The highest BCUT2D eigenvalue weighted by molar-refractivity contribution is 7.99. The van der Waals surface area contributed by atoms with Crippen molar-refractivity contribution < 1.29 is 14.4 Å². The summed E-state index contributed by atoms with van der Waals surface area (Å²) in [7, 11) is 1.70. The molecule has 1 aromatic rings. The Morgan fingerprint density at radius 3 is 2.46 bits per heavy atom. The summed E-state index contributed by atoms with van der Waals surface area (Å²) < 4.78 is 0. The summed E-state index contributed by atoms with van der Waals surface area (Å²) in [4.78, 5) is 39.6. The van der Waals surface area contributed by atoms with E-state index in [2.05, 4.69) is 16.0 Å². The summed E-state index contributed by atoms with van der Waals surface area (Å²) in [6, 6.07) is 8.07. The third-order valence-electron chi connectivity index (χ3n) is 4.83. The van der Waals surface area contributed by atoms with Gasteiger partial charge in [0.1, 0.15) is 12.1 Å². The lowest BCUT2D eigenvalue weighted by Crippen LogP contribution is -2.57. The van der Waals surface area contributed by atoms with Gasteiger partial charge >= 0.3 is 0 Å². The second kappa shape index (κ2) is 10.5. The number of thioether (sulfide) groups is 1. The van der Waals surface area contributed by atoms with Gasteiger partial charge in [-0.05, 0) is 25.5 Å². The minimum atomic E-state index is -0.661. The zero-order valence-electron chi connectivity index (χ0n) is 16.9. The van der Waals surface area contributed by atoms with Crippen LogP contribution in [-0.4, -0.2) is 59.4 Å². The summed E-state index contributed by atoms with van der Waals surface area (Å²) in [6.07, 6.45) is 0. The summed E-state index contributed by atoms with van der Waals surface area (Å²) in [5.41, 5.74) is 1.01. The van der Waals surface area contributed by atoms with Crippen molar-refractivity contribution >= 4 is 29.5 Å². The van der Waals surface area contributed by atoms with Crippen molar-refractivity contribution in [2.75, 3.05) is 18.7 Å². The predicted molar refractivity (Wildman–Crippen MR) is 112 cm³/mol. The van der Waals surface area contributed by atoms with Crippen LogP contribution in [0.25, 0.3) is 0 Å². The molecule has 1 fully saturated rings. The largest absolute Gasteiger partial charge is 0.350 e. The van der Waals surface area contributed by atoms with Gasteiger partial charge in [-0.1, -0.05) is 44.2 Å². The number of hydrogen-bond acceptors (Lipinski definition) is 5. The zero-order chi connectivity index (χ0) is 20.7. The van der Waals surface area contributed by atoms with Crippen molar-refractivity contribution in [3.05, 3.63) is 35.9 Å². The number of carbonyl (C=O) groups is 3. The number of amides is 3. The summed E-state index contributed by atoms with van der Waals surface area (Å²) in [5, 5.41) is 8.62. The molecule has 0 spiro atoms. The zero-order valence-corrected chi connectivity index (χ0v) is 17.7. The average molecular weight is 407 g/mol. The van der Waals surface area contributed by atoms with Crippen LogP contribution in [-0.2, 0) is 20.9 Å². The van der Waals surface area contributed by atoms with E-state index in [0.29, 0.717) is 18.2 Å². The van der Waals surface area contributed by atoms with Crippen LogP contribution in [0.1, 0.15) is 26.3 Å². The normalized spacial score (nSPS) is 18.6. The predicted octanol–water partition coefficient (Wildman–Crippen LogP) is 0.953. The van der Waals surface area contributed by atoms with E-state index in [-0.39, 0.29) is 23.6 Å². The molecule has 1 saturated heterocycles. The number of carbonyl (C=O) groups excluding carboxylic acids is 3. The van der Waals surface area contributed by atoms with Gasteiger partial charge in [-0.15, -0.1) is 11.8 Å². The second-order valence-corrected chi connectivity index (χ2v) is 8.27. The van der Waals surface area contributed by atoms with Crippen LogP contribution in [0.2, 0.25) is 0 Å². The van der Waals surface area contributed by atoms with E-state index in [4.69, 9.17) is 0 Å². The van der Waals surface area contributed by atoms with E-state index < -0.39 is 18.1 Å². The molecule has 1 aliphatic rings. The summed E-state index contributed by atoms with van der Waals surface area (Å²) in [5.74, 6) is 0.308. The second-order valence-electron chi connectivity index (χ2n) is 7.27. The molecule has 3 N–H and O–H groups in total. The number of rotatable bonds is 8. The monoisotopic (exact) mass is 406 g/mol. The Kier molecular flexibility index (Phi) is 8.32. The molecule has 8 heteroatoms. The molecule has 3 atom stereocenters. The molecule has 1 heterocycles. The molecule has 0 bridgehead atoms. The lowest BCUT2D eigenvalue weighted by molar-refractivity contribution is -0.142. The first-order valence-corrected chi connectivity index (χ1v) is 10.7. The minimum Gasteiger partial charge on any atom is -0.350 e. The lowest BCUT2D eigenvalue weighted by Gasteiger charge is -2.30. The third kappa shape index (κ3) is 5.72. The fraction of sp³-hybridized carbons (Fsp3) is 0.550. The van der Waals surface area contributed by atoms with Gasteiger partial charge in [-0.3, -0.25) is 14.4 Å². The maximum Gasteiger partial charge on any atom is 0.246 e. The number of benzene rings is 1. The molecule has 0 radical (unpaired) electrons. The molecule has 0 aliphatic carbocycles. The highest BCUT2D eigenvalue weighted by Crippen LogP contribution is 2.23. The first kappa shape index (κ1) is 22.2. The molecule has 0 saturated carbocycles. The molecule has 154 valence electrons. The SMILES string of the molecule is CN[C@@H](C)C(=O)N[C@H](C(=O)N1CSC[C@H]1C(=O)NCc1ccccc1)C(C)C. The Hall–Kier alpha value is -2.06. The van der Waals surface area contributed by atoms with Gasteiger partial charge in [0.05, 0.1) is 11.9 Å². The molecule has 1 aliphatic heterocycles. The van der Waals surface area contributed by atoms with Gasteiger partial charge in [0, 0.05) is 12.3 Å². The van der Waals surface area contributed by atoms with Crippen LogP contribution >= 0.6 is 11.8 Å². The molecule has 2 rings (SSSR count). The van der Waals surface area contributed by atoms with Gasteiger partial charge in [0.15, 0.2) is 0 Å². The van der Waals surface area contributed by atoms with Crippen molar-refractivity contribution in [2.45, 2.75) is 45.4 Å². The molecule has 28 heavy (non-hydrogen) atoms. The fourth-order valence-corrected chi connectivity index (χ4v) is 4.05. The van der Waals surface area contributed by atoms with Crippen molar-refractivity contribution in [3.8, 4) is 0 Å². The first-order valence-electron chi connectivity index (χ1n) is 9.52. The van der Waals surface area contributed by atoms with E-state index in [9.17, 15) is 14.4 Å². The highest BCUT2D eigenvalue weighted by atomic mass is 32.2. The number of nitrogens with one attached hydrogen (secondary N) is 3. The van der Waals surface area contributed by atoms with Gasteiger partial charge in [-0.25, -0.2) is 0 Å². The Bertz CT molecular complexity index is 683. The number of hydrogen-bond donors (Lipinski definition) is 3. The van der Waals surface area contributed by atoms with Crippen molar-refractivity contribution in [1.29, 1.82) is 0 Å². The van der Waals surface area contributed by atoms with Crippen LogP contribution in [0.4, 0.5) is 0 Å². The van der Waals surface area contributed by atoms with Crippen LogP contribution < -0.4 is 16.0 Å². The maximum absolute atomic E-state index is 13.1. The Balaban J connectivity index is 2.02. The van der Waals surface area contributed by atoms with E-state index in [1.54, 1.807) is 30.6 Å². The lowest BCUT2D eigenvalue weighted by atomic mass is 10.0. The van der Waals surface area contributed by atoms with E-state index in [0.717, 1.165) is 5.56 Å². The third-order valence-corrected chi connectivity index (χ3v) is 5.85. The highest BCUT2D eigenvalue weighted by Gasteiger charge is 2.39. The Morgan fingerprint density at radius 2 is 1.86 bits per heavy atom. The standard InChI is InChI=1S/C20H30N4O3S/c1-13(2)17(23-18(25)14(3)21-4)20(27)24-12-28-11-16(24)19(26)22-10-15-8-6-5-7-9-15/h5-9,13-14,16-17,21H,10-12H2,1-4H3,(H,22,26)(H,23,25)/t14-,16-,17-/m0/s1. The minimum absolute atomic E-state index is 0.0841. The number of likely N-dealkylation sites (N-methyl/N-ethyl adjacent to an activating group) is 1. The molecular weight excluding hydrogens is 376 g/mol. The van der Waals surface area contributed by atoms with Crippen molar-refractivity contribution in [2.24, 2.45) is 5.92 Å². The summed E-state index contributed by atoms with van der Waals surface area (Å²) >= 11 is 1.55. The average Bonchev–Trinajstić information content (AvgIpc) is 3.19. The van der Waals surface area contributed by atoms with Crippen LogP contribution in [0.5, 0.6) is 0 Å². The number of nitrogens with zero attached hydrogens (tertiary/aromatic N) is 1. The smallest absolute Gasteiger partial charge is 0.246 e. The first-order chi connectivity index (χ1) is 13.3. The molecule has 3 amide bonds. The Morgan fingerprint density at radius 1 is 1.18 bits per heavy atom. The van der Waals surface area contributed by atoms with E-state index >= 15 is 0 Å². The fourth-order valence-electron chi connectivity index (χ4n) is 2.88. The molecule has 1 aromatic carbocycles. The van der Waals surface area contributed by atoms with Crippen LogP contribution in [0, 0.1) is 5.92 Å². The maximum atomic E-state index is 13.1. The van der Waals surface area contributed by atoms with Gasteiger partial charge < -0.3 is 20.9 Å². The van der Waals surface area contributed by atoms with Crippen LogP contribution in [0.3, 0.4) is 0 Å². The van der Waals surface area contributed by atoms with Crippen LogP contribution in [0.15, 0.2) is 30.3 Å². The quantitative estimate of drug-likeness (QED) is 0.598. The Labute approximate surface area is 171 Å².